The number of aromatic nitrogens is 3. The summed E-state index contributed by atoms with van der Waals surface area (Å²) in [4.78, 5) is 12.8. The van der Waals surface area contributed by atoms with Crippen LogP contribution in [0.25, 0.3) is 11.0 Å². The molecule has 1 aromatic carbocycles. The minimum atomic E-state index is -4.51. The van der Waals surface area contributed by atoms with Crippen molar-refractivity contribution in [2.24, 2.45) is 0 Å². The number of nitrogens with zero attached hydrogens (tertiary/aromatic N) is 3. The van der Waals surface area contributed by atoms with E-state index in [1.54, 1.807) is 18.2 Å². The number of imidazole rings is 1. The van der Waals surface area contributed by atoms with E-state index >= 15 is 0 Å². The van der Waals surface area contributed by atoms with Crippen LogP contribution in [0.3, 0.4) is 0 Å². The second-order valence-corrected chi connectivity index (χ2v) is 5.73. The molecule has 0 amide bonds. The van der Waals surface area contributed by atoms with Crippen LogP contribution in [-0.2, 0) is 19.3 Å². The molecule has 0 saturated heterocycles. The van der Waals surface area contributed by atoms with E-state index in [9.17, 15) is 18.0 Å². The zero-order valence-electron chi connectivity index (χ0n) is 13.2. The van der Waals surface area contributed by atoms with Gasteiger partial charge in [0, 0.05) is 6.07 Å². The fraction of sp³-hybridized carbons (Fsp3) is 0.176. The van der Waals surface area contributed by atoms with Crippen molar-refractivity contribution in [3.63, 3.8) is 0 Å². The molecule has 26 heavy (non-hydrogen) atoms. The SMILES string of the molecule is O=c1n(Cc2ccon2)c2cc(C(F)(F)F)ccc2n1Cc1ccco1. The van der Waals surface area contributed by atoms with Gasteiger partial charge in [0.2, 0.25) is 0 Å². The van der Waals surface area contributed by atoms with Gasteiger partial charge in [-0.05, 0) is 30.3 Å². The van der Waals surface area contributed by atoms with Gasteiger partial charge in [-0.2, -0.15) is 13.2 Å². The van der Waals surface area contributed by atoms with Crippen molar-refractivity contribution in [1.82, 2.24) is 14.3 Å². The van der Waals surface area contributed by atoms with Gasteiger partial charge < -0.3 is 8.94 Å². The van der Waals surface area contributed by atoms with Crippen LogP contribution in [-0.4, -0.2) is 14.3 Å². The number of fused-ring (bicyclic) bond motifs is 1. The van der Waals surface area contributed by atoms with Crippen molar-refractivity contribution in [2.45, 2.75) is 19.3 Å². The standard InChI is InChI=1S/C17H12F3N3O3/c18-17(19,20)11-3-4-14-15(8-11)22(9-12-5-7-26-21-12)16(24)23(14)10-13-2-1-6-25-13/h1-8H,9-10H2. The Kier molecular flexibility index (Phi) is 3.71. The Bertz CT molecular complexity index is 1090. The Morgan fingerprint density at radius 1 is 1.00 bits per heavy atom. The molecule has 0 N–H and O–H groups in total. The normalized spacial score (nSPS) is 12.1. The molecule has 134 valence electrons. The minimum absolute atomic E-state index is 0.00169. The molecule has 0 atom stereocenters. The van der Waals surface area contributed by atoms with Crippen molar-refractivity contribution in [2.75, 3.05) is 0 Å². The first-order valence-electron chi connectivity index (χ1n) is 7.65. The maximum atomic E-state index is 13.1. The summed E-state index contributed by atoms with van der Waals surface area (Å²) in [5.41, 5.74) is -0.309. The average Bonchev–Trinajstić information content (AvgIpc) is 3.33. The van der Waals surface area contributed by atoms with Crippen LogP contribution in [0.15, 0.2) is 62.7 Å². The lowest BCUT2D eigenvalue weighted by atomic mass is 10.2. The number of rotatable bonds is 4. The topological polar surface area (TPSA) is 66.1 Å². The number of alkyl halides is 3. The van der Waals surface area contributed by atoms with Gasteiger partial charge in [-0.25, -0.2) is 4.79 Å². The molecule has 3 heterocycles. The fourth-order valence-corrected chi connectivity index (χ4v) is 2.84. The van der Waals surface area contributed by atoms with E-state index in [-0.39, 0.29) is 18.6 Å². The summed E-state index contributed by atoms with van der Waals surface area (Å²) >= 11 is 0. The van der Waals surface area contributed by atoms with Gasteiger partial charge in [-0.3, -0.25) is 9.13 Å². The quantitative estimate of drug-likeness (QED) is 0.557. The zero-order valence-corrected chi connectivity index (χ0v) is 13.2. The molecule has 0 aliphatic carbocycles. The van der Waals surface area contributed by atoms with Crippen LogP contribution in [0.1, 0.15) is 17.0 Å². The highest BCUT2D eigenvalue weighted by molar-refractivity contribution is 5.77. The van der Waals surface area contributed by atoms with Crippen molar-refractivity contribution < 1.29 is 22.1 Å². The predicted octanol–water partition coefficient (Wildman–Crippen LogP) is 3.50. The highest BCUT2D eigenvalue weighted by Gasteiger charge is 2.31. The molecule has 3 aromatic heterocycles. The maximum absolute atomic E-state index is 13.1. The zero-order chi connectivity index (χ0) is 18.3. The summed E-state index contributed by atoms with van der Waals surface area (Å²) in [5.74, 6) is 0.521. The number of hydrogen-bond acceptors (Lipinski definition) is 4. The lowest BCUT2D eigenvalue weighted by molar-refractivity contribution is -0.137. The second-order valence-electron chi connectivity index (χ2n) is 5.73. The first-order chi connectivity index (χ1) is 12.4. The highest BCUT2D eigenvalue weighted by atomic mass is 19.4. The number of halogens is 3. The van der Waals surface area contributed by atoms with Crippen LogP contribution in [0.5, 0.6) is 0 Å². The van der Waals surface area contributed by atoms with Gasteiger partial charge in [0.15, 0.2) is 0 Å². The van der Waals surface area contributed by atoms with Gasteiger partial charge in [0.05, 0.1) is 35.9 Å². The Hall–Kier alpha value is -3.23. The Morgan fingerprint density at radius 2 is 1.81 bits per heavy atom. The van der Waals surface area contributed by atoms with Crippen LogP contribution in [0.4, 0.5) is 13.2 Å². The highest BCUT2D eigenvalue weighted by Crippen LogP contribution is 2.31. The van der Waals surface area contributed by atoms with Crippen molar-refractivity contribution in [3.8, 4) is 0 Å². The van der Waals surface area contributed by atoms with E-state index in [0.29, 0.717) is 17.0 Å². The summed E-state index contributed by atoms with van der Waals surface area (Å²) in [6, 6.07) is 8.14. The maximum Gasteiger partial charge on any atom is 0.416 e. The summed E-state index contributed by atoms with van der Waals surface area (Å²) in [5, 5.41) is 3.73. The van der Waals surface area contributed by atoms with Crippen molar-refractivity contribution in [1.29, 1.82) is 0 Å². The third-order valence-electron chi connectivity index (χ3n) is 4.05. The summed E-state index contributed by atoms with van der Waals surface area (Å²) in [7, 11) is 0. The van der Waals surface area contributed by atoms with Crippen LogP contribution in [0.2, 0.25) is 0 Å². The molecule has 4 aromatic rings. The van der Waals surface area contributed by atoms with Crippen LogP contribution in [0, 0.1) is 0 Å². The Balaban J connectivity index is 1.91. The molecule has 4 rings (SSSR count). The first-order valence-corrected chi connectivity index (χ1v) is 7.65. The van der Waals surface area contributed by atoms with Crippen LogP contribution >= 0.6 is 0 Å². The monoisotopic (exact) mass is 363 g/mol. The first kappa shape index (κ1) is 16.2. The molecule has 6 nitrogen and oxygen atoms in total. The number of benzene rings is 1. The summed E-state index contributed by atoms with van der Waals surface area (Å²) in [6.45, 7) is 0.109. The molecule has 0 unspecified atom stereocenters. The predicted molar refractivity (Wildman–Crippen MR) is 84.6 cm³/mol. The van der Waals surface area contributed by atoms with Crippen molar-refractivity contribution in [3.05, 3.63) is 76.4 Å². The van der Waals surface area contributed by atoms with E-state index in [1.807, 2.05) is 0 Å². The lowest BCUT2D eigenvalue weighted by Crippen LogP contribution is -2.25. The third-order valence-corrected chi connectivity index (χ3v) is 4.05. The van der Waals surface area contributed by atoms with Gasteiger partial charge in [0.25, 0.3) is 0 Å². The molecule has 9 heteroatoms. The molecule has 0 fully saturated rings. The lowest BCUT2D eigenvalue weighted by Gasteiger charge is -2.07. The van der Waals surface area contributed by atoms with Gasteiger partial charge in [-0.15, -0.1) is 0 Å². The summed E-state index contributed by atoms with van der Waals surface area (Å²) < 4.78 is 51.9. The molecule has 0 spiro atoms. The smallest absolute Gasteiger partial charge is 0.416 e. The van der Waals surface area contributed by atoms with Gasteiger partial charge in [-0.1, -0.05) is 5.16 Å². The second kappa shape index (κ2) is 5.94. The van der Waals surface area contributed by atoms with E-state index in [1.165, 1.54) is 27.7 Å². The molecular formula is C17H12F3N3O3. The van der Waals surface area contributed by atoms with Gasteiger partial charge >= 0.3 is 11.9 Å². The van der Waals surface area contributed by atoms with E-state index in [2.05, 4.69) is 5.16 Å². The molecule has 0 radical (unpaired) electrons. The molecule has 0 bridgehead atoms. The average molecular weight is 363 g/mol. The minimum Gasteiger partial charge on any atom is -0.467 e. The molecule has 0 aliphatic heterocycles. The van der Waals surface area contributed by atoms with E-state index in [0.717, 1.165) is 12.1 Å². The largest absolute Gasteiger partial charge is 0.467 e. The Morgan fingerprint density at radius 3 is 2.46 bits per heavy atom. The molecular weight excluding hydrogens is 351 g/mol. The fourth-order valence-electron chi connectivity index (χ4n) is 2.84. The molecule has 0 aliphatic rings. The van der Waals surface area contributed by atoms with Crippen molar-refractivity contribution >= 4 is 11.0 Å². The Labute approximate surface area is 144 Å². The van der Waals surface area contributed by atoms with E-state index < -0.39 is 17.4 Å². The summed E-state index contributed by atoms with van der Waals surface area (Å²) in [6.07, 6.45) is -1.70. The third kappa shape index (κ3) is 2.81. The number of hydrogen-bond donors (Lipinski definition) is 0. The molecule has 0 saturated carbocycles. The van der Waals surface area contributed by atoms with Crippen LogP contribution < -0.4 is 5.69 Å². The number of furan rings is 1. The van der Waals surface area contributed by atoms with E-state index in [4.69, 9.17) is 8.94 Å². The van der Waals surface area contributed by atoms with Gasteiger partial charge in [0.1, 0.15) is 17.7 Å².